The van der Waals surface area contributed by atoms with Crippen molar-refractivity contribution in [3.63, 3.8) is 0 Å². The van der Waals surface area contributed by atoms with Crippen LogP contribution < -0.4 is 0 Å². The first-order chi connectivity index (χ1) is 13.1. The van der Waals surface area contributed by atoms with Crippen molar-refractivity contribution in [3.05, 3.63) is 34.9 Å². The Kier molecular flexibility index (Phi) is 5.72. The average molecular weight is 389 g/mol. The van der Waals surface area contributed by atoms with Gasteiger partial charge in [-0.05, 0) is 68.7 Å². The fraction of sp³-hybridized carbons (Fsp3) is 0.636. The Morgan fingerprint density at radius 1 is 0.852 bits per heavy atom. The quantitative estimate of drug-likeness (QED) is 0.754. The lowest BCUT2D eigenvalue weighted by molar-refractivity contribution is -0.143. The normalized spacial score (nSPS) is 26.6. The van der Waals surface area contributed by atoms with Crippen LogP contribution in [0.5, 0.6) is 0 Å². The second kappa shape index (κ2) is 8.22. The molecule has 0 bridgehead atoms. The minimum absolute atomic E-state index is 0.0443. The summed E-state index contributed by atoms with van der Waals surface area (Å²) < 4.78 is 0. The number of carbonyl (C=O) groups is 2. The van der Waals surface area contributed by atoms with E-state index in [-0.39, 0.29) is 11.8 Å². The van der Waals surface area contributed by atoms with E-state index < -0.39 is 0 Å². The second-order valence-electron chi connectivity index (χ2n) is 8.36. The summed E-state index contributed by atoms with van der Waals surface area (Å²) >= 11 is 5.91. The van der Waals surface area contributed by atoms with Gasteiger partial charge in [-0.15, -0.1) is 0 Å². The predicted molar refractivity (Wildman–Crippen MR) is 107 cm³/mol. The molecule has 1 aromatic carbocycles. The smallest absolute Gasteiger partial charge is 0.253 e. The number of piperidine rings is 2. The standard InChI is InChI=1S/C22H29ClN2O2/c23-19-9-7-17(8-10-19)21(26)24-14-11-18(12-15-24)22(27)25-13-3-5-16-4-1-2-6-20(16)25/h7-10,16,18,20H,1-6,11-15H2/t16-,20+/m1/s1. The van der Waals surface area contributed by atoms with Crippen LogP contribution in [0.15, 0.2) is 24.3 Å². The lowest BCUT2D eigenvalue weighted by atomic mass is 9.77. The van der Waals surface area contributed by atoms with Crippen molar-refractivity contribution in [2.24, 2.45) is 11.8 Å². The molecule has 3 fully saturated rings. The number of halogens is 1. The molecule has 2 amide bonds. The van der Waals surface area contributed by atoms with Crippen molar-refractivity contribution >= 4 is 23.4 Å². The third-order valence-corrected chi connectivity index (χ3v) is 7.00. The van der Waals surface area contributed by atoms with Gasteiger partial charge in [0.05, 0.1) is 0 Å². The molecular formula is C22H29ClN2O2. The number of hydrogen-bond acceptors (Lipinski definition) is 2. The summed E-state index contributed by atoms with van der Waals surface area (Å²) in [6, 6.07) is 7.54. The highest BCUT2D eigenvalue weighted by Crippen LogP contribution is 2.36. The highest BCUT2D eigenvalue weighted by Gasteiger charge is 2.39. The Hall–Kier alpha value is -1.55. The van der Waals surface area contributed by atoms with Gasteiger partial charge in [-0.25, -0.2) is 0 Å². The lowest BCUT2D eigenvalue weighted by Gasteiger charge is -2.46. The first kappa shape index (κ1) is 18.8. The monoisotopic (exact) mass is 388 g/mol. The molecule has 1 saturated carbocycles. The number of nitrogens with zero attached hydrogens (tertiary/aromatic N) is 2. The number of benzene rings is 1. The topological polar surface area (TPSA) is 40.6 Å². The Balaban J connectivity index is 1.35. The molecule has 0 unspecified atom stereocenters. The highest BCUT2D eigenvalue weighted by molar-refractivity contribution is 6.30. The molecular weight excluding hydrogens is 360 g/mol. The summed E-state index contributed by atoms with van der Waals surface area (Å²) in [5.74, 6) is 1.20. The molecule has 146 valence electrons. The Morgan fingerprint density at radius 2 is 1.52 bits per heavy atom. The lowest BCUT2D eigenvalue weighted by Crippen LogP contribution is -2.53. The SMILES string of the molecule is O=C(c1ccc(Cl)cc1)N1CCC(C(=O)N2CCC[C@H]3CCCC[C@@H]32)CC1. The van der Waals surface area contributed by atoms with Gasteiger partial charge in [-0.1, -0.05) is 24.4 Å². The van der Waals surface area contributed by atoms with Crippen molar-refractivity contribution in [2.45, 2.75) is 57.4 Å². The third kappa shape index (κ3) is 4.01. The Morgan fingerprint density at radius 3 is 2.26 bits per heavy atom. The van der Waals surface area contributed by atoms with Gasteiger partial charge < -0.3 is 9.80 Å². The van der Waals surface area contributed by atoms with Crippen LogP contribution in [0.3, 0.4) is 0 Å². The number of likely N-dealkylation sites (tertiary alicyclic amines) is 2. The molecule has 0 radical (unpaired) electrons. The fourth-order valence-electron chi connectivity index (χ4n) is 5.24. The summed E-state index contributed by atoms with van der Waals surface area (Å²) in [7, 11) is 0. The van der Waals surface area contributed by atoms with Crippen LogP contribution in [0, 0.1) is 11.8 Å². The number of hydrogen-bond donors (Lipinski definition) is 0. The van der Waals surface area contributed by atoms with Crippen LogP contribution in [0.25, 0.3) is 0 Å². The van der Waals surface area contributed by atoms with Gasteiger partial charge in [-0.3, -0.25) is 9.59 Å². The predicted octanol–water partition coefficient (Wildman–Crippen LogP) is 4.37. The van der Waals surface area contributed by atoms with E-state index in [4.69, 9.17) is 11.6 Å². The van der Waals surface area contributed by atoms with Gasteiger partial charge in [0.25, 0.3) is 5.91 Å². The van der Waals surface area contributed by atoms with Gasteiger partial charge in [0.1, 0.15) is 0 Å². The van der Waals surface area contributed by atoms with Crippen LogP contribution in [-0.2, 0) is 4.79 Å². The van der Waals surface area contributed by atoms with Crippen LogP contribution in [0.1, 0.15) is 61.7 Å². The van der Waals surface area contributed by atoms with E-state index in [1.165, 1.54) is 32.1 Å². The largest absolute Gasteiger partial charge is 0.339 e. The van der Waals surface area contributed by atoms with E-state index in [0.29, 0.717) is 35.6 Å². The van der Waals surface area contributed by atoms with E-state index in [2.05, 4.69) is 4.90 Å². The van der Waals surface area contributed by atoms with Gasteiger partial charge >= 0.3 is 0 Å². The van der Waals surface area contributed by atoms with Crippen molar-refractivity contribution in [1.29, 1.82) is 0 Å². The Labute approximate surface area is 166 Å². The molecule has 0 spiro atoms. The molecule has 2 heterocycles. The van der Waals surface area contributed by atoms with E-state index in [1.807, 2.05) is 4.90 Å². The van der Waals surface area contributed by atoms with Gasteiger partial charge in [0.2, 0.25) is 5.91 Å². The van der Waals surface area contributed by atoms with Crippen LogP contribution in [0.2, 0.25) is 5.02 Å². The number of carbonyl (C=O) groups excluding carboxylic acids is 2. The van der Waals surface area contributed by atoms with Crippen molar-refractivity contribution in [2.75, 3.05) is 19.6 Å². The number of fused-ring (bicyclic) bond motifs is 1. The zero-order chi connectivity index (χ0) is 18.8. The Bertz CT molecular complexity index is 680. The molecule has 27 heavy (non-hydrogen) atoms. The highest BCUT2D eigenvalue weighted by atomic mass is 35.5. The summed E-state index contributed by atoms with van der Waals surface area (Å²) in [5, 5.41) is 0.637. The maximum atomic E-state index is 13.2. The summed E-state index contributed by atoms with van der Waals surface area (Å²) in [5.41, 5.74) is 0.672. The molecule has 4 rings (SSSR count). The van der Waals surface area contributed by atoms with E-state index in [0.717, 1.165) is 31.7 Å². The van der Waals surface area contributed by atoms with Gasteiger partial charge in [0.15, 0.2) is 0 Å². The minimum atomic E-state index is 0.0443. The molecule has 0 aromatic heterocycles. The maximum Gasteiger partial charge on any atom is 0.253 e. The van der Waals surface area contributed by atoms with Crippen LogP contribution in [0.4, 0.5) is 0 Å². The van der Waals surface area contributed by atoms with Crippen LogP contribution in [-0.4, -0.2) is 47.3 Å². The molecule has 0 N–H and O–H groups in total. The molecule has 1 aliphatic carbocycles. The number of amides is 2. The molecule has 5 heteroatoms. The zero-order valence-electron chi connectivity index (χ0n) is 15.9. The van der Waals surface area contributed by atoms with Crippen molar-refractivity contribution in [1.82, 2.24) is 9.80 Å². The minimum Gasteiger partial charge on any atom is -0.339 e. The molecule has 2 aliphatic heterocycles. The molecule has 2 atom stereocenters. The number of rotatable bonds is 2. The van der Waals surface area contributed by atoms with Crippen molar-refractivity contribution < 1.29 is 9.59 Å². The van der Waals surface area contributed by atoms with Gasteiger partial charge in [0, 0.05) is 42.2 Å². The average Bonchev–Trinajstić information content (AvgIpc) is 2.73. The van der Waals surface area contributed by atoms with Gasteiger partial charge in [-0.2, -0.15) is 0 Å². The van der Waals surface area contributed by atoms with Crippen LogP contribution >= 0.6 is 11.6 Å². The molecule has 4 nitrogen and oxygen atoms in total. The first-order valence-corrected chi connectivity index (χ1v) is 10.9. The summed E-state index contributed by atoms with van der Waals surface area (Å²) in [6.45, 7) is 2.27. The maximum absolute atomic E-state index is 13.2. The third-order valence-electron chi connectivity index (χ3n) is 6.75. The van der Waals surface area contributed by atoms with E-state index in [1.54, 1.807) is 24.3 Å². The molecule has 2 saturated heterocycles. The molecule has 1 aromatic rings. The zero-order valence-corrected chi connectivity index (χ0v) is 16.7. The van der Waals surface area contributed by atoms with Crippen molar-refractivity contribution in [3.8, 4) is 0 Å². The summed E-state index contributed by atoms with van der Waals surface area (Å²) in [6.07, 6.45) is 9.08. The fourth-order valence-corrected chi connectivity index (χ4v) is 5.36. The summed E-state index contributed by atoms with van der Waals surface area (Å²) in [4.78, 5) is 30.0. The van der Waals surface area contributed by atoms with E-state index >= 15 is 0 Å². The second-order valence-corrected chi connectivity index (χ2v) is 8.80. The first-order valence-electron chi connectivity index (χ1n) is 10.5. The molecule has 3 aliphatic rings. The van der Waals surface area contributed by atoms with E-state index in [9.17, 15) is 9.59 Å².